The minimum absolute atomic E-state index is 0.0268. The van der Waals surface area contributed by atoms with E-state index in [9.17, 15) is 9.18 Å². The standard InChI is InChI=1S/C21H24FN3O3/c1-15-2-3-16(12-18(15)22)20(26)25-9-5-21(6-10-25)13-17(4-11-27-21)28-19-14-23-7-8-24-19/h2-3,7-8,12,14,17H,4-6,9-11,13H2,1H3. The number of carbonyl (C=O) groups is 1. The van der Waals surface area contributed by atoms with Crippen molar-refractivity contribution >= 4 is 5.91 Å². The van der Waals surface area contributed by atoms with Gasteiger partial charge in [0, 0.05) is 43.9 Å². The third-order valence-corrected chi connectivity index (χ3v) is 5.66. The maximum Gasteiger partial charge on any atom is 0.253 e. The third kappa shape index (κ3) is 3.99. The zero-order valence-electron chi connectivity index (χ0n) is 15.9. The summed E-state index contributed by atoms with van der Waals surface area (Å²) in [5.74, 6) is 0.0504. The molecule has 28 heavy (non-hydrogen) atoms. The fourth-order valence-corrected chi connectivity index (χ4v) is 3.97. The minimum atomic E-state index is -0.348. The van der Waals surface area contributed by atoms with Crippen LogP contribution < -0.4 is 4.74 Å². The molecule has 1 aromatic carbocycles. The summed E-state index contributed by atoms with van der Waals surface area (Å²) in [4.78, 5) is 22.7. The molecule has 0 bridgehead atoms. The summed E-state index contributed by atoms with van der Waals surface area (Å²) in [6.45, 7) is 3.49. The number of nitrogens with zero attached hydrogens (tertiary/aromatic N) is 3. The summed E-state index contributed by atoms with van der Waals surface area (Å²) in [6.07, 6.45) is 7.94. The average Bonchev–Trinajstić information content (AvgIpc) is 2.71. The zero-order chi connectivity index (χ0) is 19.6. The lowest BCUT2D eigenvalue weighted by atomic mass is 9.83. The van der Waals surface area contributed by atoms with Crippen LogP contribution in [0.4, 0.5) is 4.39 Å². The molecule has 0 aliphatic carbocycles. The van der Waals surface area contributed by atoms with Crippen LogP contribution in [0.15, 0.2) is 36.8 Å². The van der Waals surface area contributed by atoms with Crippen molar-refractivity contribution in [3.05, 3.63) is 53.7 Å². The molecule has 2 aliphatic heterocycles. The largest absolute Gasteiger partial charge is 0.473 e. The van der Waals surface area contributed by atoms with E-state index in [1.165, 1.54) is 6.07 Å². The normalized spacial score (nSPS) is 21.5. The number of piperidine rings is 1. The van der Waals surface area contributed by atoms with E-state index in [-0.39, 0.29) is 23.4 Å². The predicted octanol–water partition coefficient (Wildman–Crippen LogP) is 3.16. The molecular weight excluding hydrogens is 361 g/mol. The molecule has 1 atom stereocenters. The lowest BCUT2D eigenvalue weighted by Crippen LogP contribution is -2.52. The molecule has 1 spiro atoms. The Morgan fingerprint density at radius 2 is 2.14 bits per heavy atom. The first kappa shape index (κ1) is 18.8. The van der Waals surface area contributed by atoms with Crippen LogP contribution >= 0.6 is 0 Å². The first-order valence-corrected chi connectivity index (χ1v) is 9.67. The highest BCUT2D eigenvalue weighted by atomic mass is 19.1. The molecule has 0 saturated carbocycles. The minimum Gasteiger partial charge on any atom is -0.473 e. The molecule has 148 valence electrons. The number of carbonyl (C=O) groups excluding carboxylic acids is 1. The molecule has 0 radical (unpaired) electrons. The monoisotopic (exact) mass is 385 g/mol. The molecular formula is C21H24FN3O3. The van der Waals surface area contributed by atoms with Crippen LogP contribution in [0.5, 0.6) is 5.88 Å². The molecule has 2 saturated heterocycles. The molecule has 1 unspecified atom stereocenters. The van der Waals surface area contributed by atoms with Crippen LogP contribution in [0, 0.1) is 12.7 Å². The van der Waals surface area contributed by atoms with Gasteiger partial charge in [-0.25, -0.2) is 9.37 Å². The van der Waals surface area contributed by atoms with Crippen molar-refractivity contribution in [3.8, 4) is 5.88 Å². The number of aryl methyl sites for hydroxylation is 1. The van der Waals surface area contributed by atoms with Gasteiger partial charge in [0.1, 0.15) is 11.9 Å². The SMILES string of the molecule is Cc1ccc(C(=O)N2CCC3(CC2)CC(Oc2cnccn2)CCO3)cc1F. The number of halogens is 1. The van der Waals surface area contributed by atoms with Crippen molar-refractivity contribution in [1.29, 1.82) is 0 Å². The van der Waals surface area contributed by atoms with Crippen LogP contribution in [0.25, 0.3) is 0 Å². The van der Waals surface area contributed by atoms with Gasteiger partial charge in [0.15, 0.2) is 0 Å². The van der Waals surface area contributed by atoms with Gasteiger partial charge in [-0.1, -0.05) is 6.07 Å². The molecule has 3 heterocycles. The maximum atomic E-state index is 13.8. The van der Waals surface area contributed by atoms with Gasteiger partial charge in [-0.15, -0.1) is 0 Å². The molecule has 1 amide bonds. The van der Waals surface area contributed by atoms with Crippen molar-refractivity contribution in [2.24, 2.45) is 0 Å². The third-order valence-electron chi connectivity index (χ3n) is 5.66. The Hall–Kier alpha value is -2.54. The van der Waals surface area contributed by atoms with E-state index in [0.717, 1.165) is 25.7 Å². The zero-order valence-corrected chi connectivity index (χ0v) is 15.9. The number of ether oxygens (including phenoxy) is 2. The second-order valence-electron chi connectivity index (χ2n) is 7.56. The quantitative estimate of drug-likeness (QED) is 0.812. The summed E-state index contributed by atoms with van der Waals surface area (Å²) in [5.41, 5.74) is 0.659. The Kier molecular flexibility index (Phi) is 5.26. The van der Waals surface area contributed by atoms with E-state index < -0.39 is 0 Å². The molecule has 2 aromatic rings. The molecule has 2 fully saturated rings. The number of amides is 1. The van der Waals surface area contributed by atoms with Crippen LogP contribution in [-0.2, 0) is 4.74 Å². The summed E-state index contributed by atoms with van der Waals surface area (Å²) in [5, 5.41) is 0. The molecule has 6 nitrogen and oxygen atoms in total. The number of likely N-dealkylation sites (tertiary alicyclic amines) is 1. The van der Waals surface area contributed by atoms with E-state index >= 15 is 0 Å². The van der Waals surface area contributed by atoms with Crippen molar-refractivity contribution in [2.75, 3.05) is 19.7 Å². The first-order valence-electron chi connectivity index (χ1n) is 9.67. The van der Waals surface area contributed by atoms with Crippen molar-refractivity contribution in [3.63, 3.8) is 0 Å². The van der Waals surface area contributed by atoms with Crippen LogP contribution in [-0.4, -0.2) is 52.2 Å². The van der Waals surface area contributed by atoms with E-state index in [2.05, 4.69) is 9.97 Å². The smallest absolute Gasteiger partial charge is 0.253 e. The number of aromatic nitrogens is 2. The molecule has 4 rings (SSSR count). The van der Waals surface area contributed by atoms with Crippen LogP contribution in [0.1, 0.15) is 41.6 Å². The highest BCUT2D eigenvalue weighted by Gasteiger charge is 2.42. The molecule has 7 heteroatoms. The first-order chi connectivity index (χ1) is 13.5. The van der Waals surface area contributed by atoms with Gasteiger partial charge in [-0.2, -0.15) is 0 Å². The highest BCUT2D eigenvalue weighted by Crippen LogP contribution is 2.36. The Balaban J connectivity index is 1.37. The lowest BCUT2D eigenvalue weighted by molar-refractivity contribution is -0.135. The topological polar surface area (TPSA) is 64.6 Å². The number of hydrogen-bond acceptors (Lipinski definition) is 5. The molecule has 2 aliphatic rings. The summed E-state index contributed by atoms with van der Waals surface area (Å²) < 4.78 is 25.9. The van der Waals surface area contributed by atoms with Gasteiger partial charge >= 0.3 is 0 Å². The highest BCUT2D eigenvalue weighted by molar-refractivity contribution is 5.94. The van der Waals surface area contributed by atoms with Crippen LogP contribution in [0.3, 0.4) is 0 Å². The number of hydrogen-bond donors (Lipinski definition) is 0. The van der Waals surface area contributed by atoms with Gasteiger partial charge in [0.2, 0.25) is 5.88 Å². The Morgan fingerprint density at radius 1 is 1.32 bits per heavy atom. The average molecular weight is 385 g/mol. The Bertz CT molecular complexity index is 838. The van der Waals surface area contributed by atoms with Crippen molar-refractivity contribution in [1.82, 2.24) is 14.9 Å². The lowest BCUT2D eigenvalue weighted by Gasteiger charge is -2.45. The fourth-order valence-electron chi connectivity index (χ4n) is 3.97. The van der Waals surface area contributed by atoms with E-state index in [1.807, 2.05) is 0 Å². The molecule has 0 N–H and O–H groups in total. The molecule has 1 aromatic heterocycles. The van der Waals surface area contributed by atoms with E-state index in [1.54, 1.807) is 42.5 Å². The van der Waals surface area contributed by atoms with E-state index in [4.69, 9.17) is 9.47 Å². The summed E-state index contributed by atoms with van der Waals surface area (Å²) in [6, 6.07) is 4.66. The summed E-state index contributed by atoms with van der Waals surface area (Å²) >= 11 is 0. The number of rotatable bonds is 3. The Morgan fingerprint density at radius 3 is 2.86 bits per heavy atom. The van der Waals surface area contributed by atoms with E-state index in [0.29, 0.717) is 36.7 Å². The van der Waals surface area contributed by atoms with Crippen LogP contribution in [0.2, 0.25) is 0 Å². The Labute approximate surface area is 163 Å². The second-order valence-corrected chi connectivity index (χ2v) is 7.56. The van der Waals surface area contributed by atoms with Crippen molar-refractivity contribution in [2.45, 2.75) is 44.3 Å². The van der Waals surface area contributed by atoms with Crippen molar-refractivity contribution < 1.29 is 18.7 Å². The van der Waals surface area contributed by atoms with Gasteiger partial charge in [-0.05, 0) is 37.5 Å². The fraction of sp³-hybridized carbons (Fsp3) is 0.476. The summed E-state index contributed by atoms with van der Waals surface area (Å²) in [7, 11) is 0. The van der Waals surface area contributed by atoms with Gasteiger partial charge in [0.05, 0.1) is 18.4 Å². The maximum absolute atomic E-state index is 13.8. The number of benzene rings is 1. The van der Waals surface area contributed by atoms with Gasteiger partial charge in [0.25, 0.3) is 5.91 Å². The van der Waals surface area contributed by atoms with Gasteiger partial charge < -0.3 is 14.4 Å². The predicted molar refractivity (Wildman–Crippen MR) is 101 cm³/mol. The van der Waals surface area contributed by atoms with Gasteiger partial charge in [-0.3, -0.25) is 9.78 Å². The second kappa shape index (κ2) is 7.83.